The van der Waals surface area contributed by atoms with E-state index in [0.29, 0.717) is 10.6 Å². The second-order valence-corrected chi connectivity index (χ2v) is 4.86. The van der Waals surface area contributed by atoms with E-state index >= 15 is 0 Å². The number of nitrogens with zero attached hydrogens (tertiary/aromatic N) is 2. The molecule has 0 bridgehead atoms. The summed E-state index contributed by atoms with van der Waals surface area (Å²) in [4.78, 5) is 4.06. The van der Waals surface area contributed by atoms with Gasteiger partial charge >= 0.3 is 0 Å². The molecule has 0 saturated heterocycles. The summed E-state index contributed by atoms with van der Waals surface area (Å²) >= 11 is 8.86. The first-order chi connectivity index (χ1) is 9.08. The molecule has 0 saturated carbocycles. The first-order valence-electron chi connectivity index (χ1n) is 5.40. The standard InChI is InChI=1S/C11H10BrClFN3O2/c12-11-15-10(16-17-11)9(1-2-18)19-8-4-6(13)3-7(14)5-8/h3-5,9,18H,1-2H2,(H,15,16,17). The average Bonchev–Trinajstić information content (AvgIpc) is 2.74. The molecule has 1 aromatic heterocycles. The zero-order chi connectivity index (χ0) is 13.8. The third-order valence-electron chi connectivity index (χ3n) is 2.29. The van der Waals surface area contributed by atoms with Crippen molar-refractivity contribution in [1.29, 1.82) is 0 Å². The van der Waals surface area contributed by atoms with Gasteiger partial charge in [-0.05, 0) is 28.1 Å². The van der Waals surface area contributed by atoms with Crippen molar-refractivity contribution < 1.29 is 14.2 Å². The molecule has 0 aliphatic carbocycles. The van der Waals surface area contributed by atoms with Crippen LogP contribution in [-0.2, 0) is 0 Å². The fourth-order valence-electron chi connectivity index (χ4n) is 1.53. The van der Waals surface area contributed by atoms with Crippen LogP contribution in [0.2, 0.25) is 5.02 Å². The van der Waals surface area contributed by atoms with E-state index in [9.17, 15) is 4.39 Å². The van der Waals surface area contributed by atoms with E-state index in [0.717, 1.165) is 0 Å². The van der Waals surface area contributed by atoms with Gasteiger partial charge in [0.2, 0.25) is 4.73 Å². The lowest BCUT2D eigenvalue weighted by atomic mass is 10.2. The highest BCUT2D eigenvalue weighted by molar-refractivity contribution is 9.10. The smallest absolute Gasteiger partial charge is 0.217 e. The van der Waals surface area contributed by atoms with Gasteiger partial charge in [-0.3, -0.25) is 5.10 Å². The molecule has 2 rings (SSSR count). The van der Waals surface area contributed by atoms with E-state index in [1.165, 1.54) is 18.2 Å². The molecular formula is C11H10BrClFN3O2. The van der Waals surface area contributed by atoms with Crippen LogP contribution >= 0.6 is 27.5 Å². The molecule has 0 aliphatic rings. The highest BCUT2D eigenvalue weighted by Gasteiger charge is 2.18. The zero-order valence-corrected chi connectivity index (χ0v) is 11.9. The van der Waals surface area contributed by atoms with Gasteiger partial charge in [0.05, 0.1) is 0 Å². The van der Waals surface area contributed by atoms with Crippen LogP contribution in [0.25, 0.3) is 0 Å². The first kappa shape index (κ1) is 14.2. The van der Waals surface area contributed by atoms with E-state index in [2.05, 4.69) is 31.1 Å². The van der Waals surface area contributed by atoms with Crippen LogP contribution in [0, 0.1) is 5.82 Å². The molecule has 19 heavy (non-hydrogen) atoms. The maximum Gasteiger partial charge on any atom is 0.217 e. The molecule has 1 unspecified atom stereocenters. The number of aromatic amines is 1. The summed E-state index contributed by atoms with van der Waals surface area (Å²) in [6.07, 6.45) is -0.280. The topological polar surface area (TPSA) is 71.0 Å². The van der Waals surface area contributed by atoms with Crippen molar-refractivity contribution in [2.75, 3.05) is 6.61 Å². The molecule has 0 fully saturated rings. The zero-order valence-electron chi connectivity index (χ0n) is 9.61. The maximum atomic E-state index is 13.2. The molecule has 1 heterocycles. The van der Waals surface area contributed by atoms with Crippen molar-refractivity contribution in [3.63, 3.8) is 0 Å². The molecule has 0 radical (unpaired) electrons. The van der Waals surface area contributed by atoms with E-state index in [1.54, 1.807) is 0 Å². The number of ether oxygens (including phenoxy) is 1. The number of aliphatic hydroxyl groups excluding tert-OH is 1. The fourth-order valence-corrected chi connectivity index (χ4v) is 2.02. The molecule has 5 nitrogen and oxygen atoms in total. The van der Waals surface area contributed by atoms with Crippen LogP contribution in [0.1, 0.15) is 18.3 Å². The number of aliphatic hydroxyl groups is 1. The van der Waals surface area contributed by atoms with E-state index < -0.39 is 11.9 Å². The van der Waals surface area contributed by atoms with Gasteiger partial charge in [0.1, 0.15) is 11.6 Å². The Balaban J connectivity index is 2.20. The highest BCUT2D eigenvalue weighted by atomic mass is 79.9. The van der Waals surface area contributed by atoms with Crippen LogP contribution in [0.15, 0.2) is 22.9 Å². The molecule has 0 spiro atoms. The quantitative estimate of drug-likeness (QED) is 0.870. The molecule has 102 valence electrons. The normalized spacial score (nSPS) is 12.4. The summed E-state index contributed by atoms with van der Waals surface area (Å²) in [5, 5.41) is 15.8. The maximum absolute atomic E-state index is 13.2. The lowest BCUT2D eigenvalue weighted by Crippen LogP contribution is -2.11. The number of hydrogen-bond acceptors (Lipinski definition) is 4. The van der Waals surface area contributed by atoms with Crippen molar-refractivity contribution in [2.45, 2.75) is 12.5 Å². The Labute approximate surface area is 121 Å². The minimum Gasteiger partial charge on any atom is -0.482 e. The van der Waals surface area contributed by atoms with Gasteiger partial charge < -0.3 is 9.84 Å². The molecule has 0 aliphatic heterocycles. The third kappa shape index (κ3) is 3.89. The van der Waals surface area contributed by atoms with Crippen LogP contribution in [-0.4, -0.2) is 26.9 Å². The SMILES string of the molecule is OCCC(Oc1cc(F)cc(Cl)c1)c1nc(Br)n[nH]1. The number of benzene rings is 1. The van der Waals surface area contributed by atoms with Gasteiger partial charge in [0.15, 0.2) is 11.9 Å². The van der Waals surface area contributed by atoms with Crippen molar-refractivity contribution in [1.82, 2.24) is 15.2 Å². The molecular weight excluding hydrogens is 340 g/mol. The summed E-state index contributed by atoms with van der Waals surface area (Å²) in [7, 11) is 0. The molecule has 2 aromatic rings. The first-order valence-corrected chi connectivity index (χ1v) is 6.57. The Morgan fingerprint density at radius 3 is 2.84 bits per heavy atom. The number of hydrogen-bond donors (Lipinski definition) is 2. The fraction of sp³-hybridized carbons (Fsp3) is 0.273. The number of nitrogens with one attached hydrogen (secondary N) is 1. The lowest BCUT2D eigenvalue weighted by Gasteiger charge is -2.16. The molecule has 8 heteroatoms. The monoisotopic (exact) mass is 349 g/mol. The largest absolute Gasteiger partial charge is 0.482 e. The van der Waals surface area contributed by atoms with Crippen LogP contribution in [0.5, 0.6) is 5.75 Å². The van der Waals surface area contributed by atoms with Crippen LogP contribution in [0.3, 0.4) is 0 Å². The Bertz CT molecular complexity index is 546. The van der Waals surface area contributed by atoms with Crippen LogP contribution in [0.4, 0.5) is 4.39 Å². The minimum absolute atomic E-state index is 0.105. The summed E-state index contributed by atoms with van der Waals surface area (Å²) in [5.41, 5.74) is 0. The highest BCUT2D eigenvalue weighted by Crippen LogP contribution is 2.26. The summed E-state index contributed by atoms with van der Waals surface area (Å²) in [6, 6.07) is 3.88. The van der Waals surface area contributed by atoms with Gasteiger partial charge in [-0.1, -0.05) is 11.6 Å². The summed E-state index contributed by atoms with van der Waals surface area (Å²) in [6.45, 7) is -0.105. The minimum atomic E-state index is -0.568. The van der Waals surface area contributed by atoms with Gasteiger partial charge in [-0.15, -0.1) is 5.10 Å². The third-order valence-corrected chi connectivity index (χ3v) is 2.86. The van der Waals surface area contributed by atoms with Gasteiger partial charge in [0, 0.05) is 24.1 Å². The second kappa shape index (κ2) is 6.31. The average molecular weight is 351 g/mol. The summed E-state index contributed by atoms with van der Waals surface area (Å²) < 4.78 is 19.2. The number of rotatable bonds is 5. The molecule has 2 N–H and O–H groups in total. The van der Waals surface area contributed by atoms with Crippen molar-refractivity contribution >= 4 is 27.5 Å². The molecule has 0 amide bonds. The Morgan fingerprint density at radius 1 is 1.47 bits per heavy atom. The molecule has 1 atom stereocenters. The van der Waals surface area contributed by atoms with Gasteiger partial charge in [-0.2, -0.15) is 0 Å². The van der Waals surface area contributed by atoms with E-state index in [1.807, 2.05) is 0 Å². The van der Waals surface area contributed by atoms with Gasteiger partial charge in [0.25, 0.3) is 0 Å². The number of halogens is 3. The van der Waals surface area contributed by atoms with Crippen molar-refractivity contribution in [2.24, 2.45) is 0 Å². The molecule has 1 aromatic carbocycles. The Hall–Kier alpha value is -1.18. The Kier molecular flexibility index (Phi) is 4.73. The van der Waals surface area contributed by atoms with Crippen molar-refractivity contribution in [3.05, 3.63) is 39.6 Å². The lowest BCUT2D eigenvalue weighted by molar-refractivity contribution is 0.148. The predicted octanol–water partition coefficient (Wildman–Crippen LogP) is 2.86. The number of aromatic nitrogens is 3. The predicted molar refractivity (Wildman–Crippen MR) is 70.6 cm³/mol. The second-order valence-electron chi connectivity index (χ2n) is 3.71. The summed E-state index contributed by atoms with van der Waals surface area (Å²) in [5.74, 6) is 0.196. The van der Waals surface area contributed by atoms with Gasteiger partial charge in [-0.25, -0.2) is 9.37 Å². The van der Waals surface area contributed by atoms with Crippen LogP contribution < -0.4 is 4.74 Å². The van der Waals surface area contributed by atoms with E-state index in [4.69, 9.17) is 21.4 Å². The number of H-pyrrole nitrogens is 1. The van der Waals surface area contributed by atoms with E-state index in [-0.39, 0.29) is 23.8 Å². The Morgan fingerprint density at radius 2 is 2.26 bits per heavy atom. The van der Waals surface area contributed by atoms with Crippen molar-refractivity contribution in [3.8, 4) is 5.75 Å².